The molecule has 0 saturated carbocycles. The number of halogens is 3. The highest BCUT2D eigenvalue weighted by Crippen LogP contribution is 2.41. The first-order chi connectivity index (χ1) is 10.9. The van der Waals surface area contributed by atoms with E-state index < -0.39 is 23.9 Å². The summed E-state index contributed by atoms with van der Waals surface area (Å²) in [7, 11) is 0. The van der Waals surface area contributed by atoms with Crippen molar-refractivity contribution in [2.24, 2.45) is 5.92 Å². The fraction of sp³-hybridized carbons (Fsp3) is 0.471. The van der Waals surface area contributed by atoms with Gasteiger partial charge in [0.1, 0.15) is 0 Å². The van der Waals surface area contributed by atoms with Crippen LogP contribution in [0.1, 0.15) is 36.4 Å². The Morgan fingerprint density at radius 3 is 2.48 bits per heavy atom. The second-order valence-corrected chi connectivity index (χ2v) is 6.12. The molecule has 3 nitrogen and oxygen atoms in total. The summed E-state index contributed by atoms with van der Waals surface area (Å²) in [6.07, 6.45) is -0.0913. The van der Waals surface area contributed by atoms with Crippen LogP contribution in [0.4, 0.5) is 13.2 Å². The lowest BCUT2D eigenvalue weighted by Crippen LogP contribution is -2.36. The third kappa shape index (κ3) is 3.13. The van der Waals surface area contributed by atoms with Crippen molar-refractivity contribution >= 4 is 5.91 Å². The third-order valence-corrected chi connectivity index (χ3v) is 4.54. The molecule has 0 unspecified atom stereocenters. The highest BCUT2D eigenvalue weighted by Gasteiger charge is 2.42. The van der Waals surface area contributed by atoms with Gasteiger partial charge in [0.2, 0.25) is 5.91 Å². The van der Waals surface area contributed by atoms with Crippen molar-refractivity contribution in [3.8, 4) is 0 Å². The van der Waals surface area contributed by atoms with Gasteiger partial charge in [-0.1, -0.05) is 30.4 Å². The van der Waals surface area contributed by atoms with E-state index >= 15 is 0 Å². The largest absolute Gasteiger partial charge is 0.416 e. The number of alkyl halides is 3. The van der Waals surface area contributed by atoms with E-state index in [4.69, 9.17) is 0 Å². The maximum absolute atomic E-state index is 13.3. The van der Waals surface area contributed by atoms with Gasteiger partial charge < -0.3 is 10.0 Å². The maximum atomic E-state index is 13.3. The van der Waals surface area contributed by atoms with Crippen LogP contribution in [0.15, 0.2) is 36.4 Å². The van der Waals surface area contributed by atoms with Crippen LogP contribution in [0.25, 0.3) is 0 Å². The van der Waals surface area contributed by atoms with E-state index in [0.29, 0.717) is 12.8 Å². The zero-order chi connectivity index (χ0) is 16.6. The molecule has 1 saturated heterocycles. The van der Waals surface area contributed by atoms with Crippen LogP contribution in [0.5, 0.6) is 0 Å². The number of hydrogen-bond acceptors (Lipinski definition) is 2. The zero-order valence-electron chi connectivity index (χ0n) is 12.5. The first kappa shape index (κ1) is 16.1. The number of carbonyl (C=O) groups excluding carboxylic acids is 1. The molecule has 1 aliphatic carbocycles. The number of benzene rings is 1. The Labute approximate surface area is 132 Å². The van der Waals surface area contributed by atoms with Crippen molar-refractivity contribution in [3.63, 3.8) is 0 Å². The van der Waals surface area contributed by atoms with E-state index in [-0.39, 0.29) is 30.4 Å². The van der Waals surface area contributed by atoms with Crippen LogP contribution in [0, 0.1) is 5.92 Å². The van der Waals surface area contributed by atoms with Gasteiger partial charge in [0, 0.05) is 12.5 Å². The number of hydrogen-bond donors (Lipinski definition) is 1. The minimum atomic E-state index is -4.48. The monoisotopic (exact) mass is 325 g/mol. The van der Waals surface area contributed by atoms with Gasteiger partial charge in [0.05, 0.1) is 17.7 Å². The Morgan fingerprint density at radius 1 is 1.17 bits per heavy atom. The number of rotatable bonds is 2. The zero-order valence-corrected chi connectivity index (χ0v) is 12.5. The molecule has 124 valence electrons. The quantitative estimate of drug-likeness (QED) is 0.848. The number of allylic oxidation sites excluding steroid dienone is 2. The predicted molar refractivity (Wildman–Crippen MR) is 78.4 cm³/mol. The third-order valence-electron chi connectivity index (χ3n) is 4.54. The Kier molecular flexibility index (Phi) is 4.19. The molecule has 23 heavy (non-hydrogen) atoms. The molecular weight excluding hydrogens is 307 g/mol. The molecule has 1 fully saturated rings. The number of amides is 1. The van der Waals surface area contributed by atoms with E-state index in [0.717, 1.165) is 6.07 Å². The Morgan fingerprint density at radius 2 is 1.83 bits per heavy atom. The van der Waals surface area contributed by atoms with E-state index in [9.17, 15) is 23.1 Å². The van der Waals surface area contributed by atoms with Gasteiger partial charge in [-0.3, -0.25) is 4.79 Å². The highest BCUT2D eigenvalue weighted by atomic mass is 19.4. The standard InChI is InChI=1S/C17H18F3NO2/c18-17(19,20)14-8-4-3-7-13(14)15-9-12(22)10-21(15)16(23)11-5-1-2-6-11/h1-4,7-8,11-12,15,22H,5-6,9-10H2/t12-,15-/m0/s1. The Balaban J connectivity index is 1.93. The second kappa shape index (κ2) is 6.00. The van der Waals surface area contributed by atoms with Crippen LogP contribution in [0.3, 0.4) is 0 Å². The van der Waals surface area contributed by atoms with Crippen molar-refractivity contribution in [2.75, 3.05) is 6.54 Å². The van der Waals surface area contributed by atoms with Gasteiger partial charge >= 0.3 is 6.18 Å². The molecule has 0 aromatic heterocycles. The van der Waals surface area contributed by atoms with Gasteiger partial charge in [0.25, 0.3) is 0 Å². The number of carbonyl (C=O) groups is 1. The van der Waals surface area contributed by atoms with Crippen LogP contribution in [-0.4, -0.2) is 28.6 Å². The molecule has 2 atom stereocenters. The Hall–Kier alpha value is -1.82. The van der Waals surface area contributed by atoms with Crippen LogP contribution >= 0.6 is 0 Å². The van der Waals surface area contributed by atoms with Gasteiger partial charge in [-0.25, -0.2) is 0 Å². The summed E-state index contributed by atoms with van der Waals surface area (Å²) >= 11 is 0. The average molecular weight is 325 g/mol. The van der Waals surface area contributed by atoms with Crippen molar-refractivity contribution in [2.45, 2.75) is 37.6 Å². The summed E-state index contributed by atoms with van der Waals surface area (Å²) in [5.41, 5.74) is -0.669. The molecule has 0 radical (unpaired) electrons. The topological polar surface area (TPSA) is 40.5 Å². The number of nitrogens with zero attached hydrogens (tertiary/aromatic N) is 1. The molecule has 1 heterocycles. The molecular formula is C17H18F3NO2. The minimum Gasteiger partial charge on any atom is -0.391 e. The number of aliphatic hydroxyl groups excluding tert-OH is 1. The molecule has 2 aliphatic rings. The summed E-state index contributed by atoms with van der Waals surface area (Å²) in [6.45, 7) is 0.0895. The van der Waals surface area contributed by atoms with E-state index in [1.807, 2.05) is 12.2 Å². The number of aliphatic hydroxyl groups is 1. The summed E-state index contributed by atoms with van der Waals surface area (Å²) in [4.78, 5) is 14.1. The van der Waals surface area contributed by atoms with Gasteiger partial charge in [0.15, 0.2) is 0 Å². The lowest BCUT2D eigenvalue weighted by molar-refractivity contribution is -0.141. The SMILES string of the molecule is O=C(C1CC=CC1)N1C[C@@H](O)C[C@H]1c1ccccc1C(F)(F)F. The summed E-state index contributed by atoms with van der Waals surface area (Å²) < 4.78 is 39.8. The first-order valence-corrected chi connectivity index (χ1v) is 7.67. The Bertz CT molecular complexity index is 619. The normalized spacial score (nSPS) is 25.3. The van der Waals surface area contributed by atoms with E-state index in [1.54, 1.807) is 0 Å². The van der Waals surface area contributed by atoms with Gasteiger partial charge in [-0.05, 0) is 30.9 Å². The fourth-order valence-corrected chi connectivity index (χ4v) is 3.45. The minimum absolute atomic E-state index is 0.0656. The van der Waals surface area contributed by atoms with Crippen molar-refractivity contribution in [1.29, 1.82) is 0 Å². The van der Waals surface area contributed by atoms with Crippen LogP contribution in [0.2, 0.25) is 0 Å². The first-order valence-electron chi connectivity index (χ1n) is 7.67. The fourth-order valence-electron chi connectivity index (χ4n) is 3.45. The molecule has 0 spiro atoms. The van der Waals surface area contributed by atoms with Crippen molar-refractivity contribution < 1.29 is 23.1 Å². The molecule has 1 amide bonds. The number of β-amino-alcohol motifs (C(OH)–C–C–N with tert-alkyl or cyclic N) is 1. The lowest BCUT2D eigenvalue weighted by atomic mass is 9.96. The molecule has 1 aromatic carbocycles. The second-order valence-electron chi connectivity index (χ2n) is 6.12. The van der Waals surface area contributed by atoms with Gasteiger partial charge in [-0.2, -0.15) is 13.2 Å². The highest BCUT2D eigenvalue weighted by molar-refractivity contribution is 5.80. The van der Waals surface area contributed by atoms with Crippen molar-refractivity contribution in [3.05, 3.63) is 47.5 Å². The lowest BCUT2D eigenvalue weighted by Gasteiger charge is -2.29. The summed E-state index contributed by atoms with van der Waals surface area (Å²) in [6, 6.07) is 4.58. The van der Waals surface area contributed by atoms with Crippen LogP contribution in [-0.2, 0) is 11.0 Å². The van der Waals surface area contributed by atoms with Gasteiger partial charge in [-0.15, -0.1) is 0 Å². The molecule has 3 rings (SSSR count). The van der Waals surface area contributed by atoms with E-state index in [1.165, 1.54) is 23.1 Å². The number of likely N-dealkylation sites (tertiary alicyclic amines) is 1. The molecule has 1 aliphatic heterocycles. The smallest absolute Gasteiger partial charge is 0.391 e. The molecule has 6 heteroatoms. The predicted octanol–water partition coefficient (Wildman–Crippen LogP) is 3.31. The van der Waals surface area contributed by atoms with Crippen LogP contribution < -0.4 is 0 Å². The average Bonchev–Trinajstić information content (AvgIpc) is 3.15. The van der Waals surface area contributed by atoms with Crippen molar-refractivity contribution in [1.82, 2.24) is 4.90 Å². The summed E-state index contributed by atoms with van der Waals surface area (Å²) in [5, 5.41) is 9.93. The molecule has 1 aromatic rings. The molecule has 0 bridgehead atoms. The maximum Gasteiger partial charge on any atom is 0.416 e. The summed E-state index contributed by atoms with van der Waals surface area (Å²) in [5.74, 6) is -0.394. The molecule has 1 N–H and O–H groups in total. The van der Waals surface area contributed by atoms with E-state index in [2.05, 4.69) is 0 Å².